The van der Waals surface area contributed by atoms with E-state index in [1.807, 2.05) is 0 Å². The number of benzene rings is 2. The molecule has 1 heteroatoms. The maximum atomic E-state index is 3.62. The summed E-state index contributed by atoms with van der Waals surface area (Å²) in [5.74, 6) is 0. The zero-order valence-corrected chi connectivity index (χ0v) is 13.0. The third-order valence-electron chi connectivity index (χ3n) is 3.81. The summed E-state index contributed by atoms with van der Waals surface area (Å²) >= 11 is 0. The summed E-state index contributed by atoms with van der Waals surface area (Å²) in [7, 11) is 0. The van der Waals surface area contributed by atoms with E-state index in [1.165, 1.54) is 27.8 Å². The molecule has 1 N–H and O–H groups in total. The van der Waals surface area contributed by atoms with Gasteiger partial charge in [-0.3, -0.25) is 0 Å². The first kappa shape index (κ1) is 14.8. The summed E-state index contributed by atoms with van der Waals surface area (Å²) in [6.45, 7) is 9.66. The molecule has 0 heterocycles. The molecule has 0 amide bonds. The maximum absolute atomic E-state index is 3.62. The predicted octanol–water partition coefficient (Wildman–Crippen LogP) is 4.51. The van der Waals surface area contributed by atoms with Crippen LogP contribution < -0.4 is 5.32 Å². The van der Waals surface area contributed by atoms with Gasteiger partial charge in [0, 0.05) is 6.04 Å². The lowest BCUT2D eigenvalue weighted by Crippen LogP contribution is -2.23. The van der Waals surface area contributed by atoms with Gasteiger partial charge in [0.25, 0.3) is 0 Å². The second-order valence-corrected chi connectivity index (χ2v) is 5.66. The van der Waals surface area contributed by atoms with Gasteiger partial charge in [-0.2, -0.15) is 0 Å². The zero-order chi connectivity index (χ0) is 14.5. The average Bonchev–Trinajstić information content (AvgIpc) is 2.41. The standard InChI is InChI=1S/C19H25N/c1-5-20-19(13-17-9-6-14(2)7-10-17)18-11-8-15(3)12-16(18)4/h6-12,19-20H,5,13H2,1-4H3. The molecule has 0 radical (unpaired) electrons. The average molecular weight is 267 g/mol. The van der Waals surface area contributed by atoms with E-state index in [9.17, 15) is 0 Å². The van der Waals surface area contributed by atoms with Gasteiger partial charge in [0.2, 0.25) is 0 Å². The van der Waals surface area contributed by atoms with E-state index in [0.717, 1.165) is 13.0 Å². The number of hydrogen-bond acceptors (Lipinski definition) is 1. The van der Waals surface area contributed by atoms with E-state index in [0.29, 0.717) is 6.04 Å². The minimum Gasteiger partial charge on any atom is -0.310 e. The first-order chi connectivity index (χ1) is 9.60. The Bertz CT molecular complexity index is 554. The lowest BCUT2D eigenvalue weighted by molar-refractivity contribution is 0.547. The van der Waals surface area contributed by atoms with Crippen LogP contribution in [0.15, 0.2) is 42.5 Å². The van der Waals surface area contributed by atoms with Crippen molar-refractivity contribution in [2.45, 2.75) is 40.2 Å². The van der Waals surface area contributed by atoms with Crippen molar-refractivity contribution in [2.24, 2.45) is 0 Å². The smallest absolute Gasteiger partial charge is 0.0363 e. The SMILES string of the molecule is CCNC(Cc1ccc(C)cc1)c1ccc(C)cc1C. The molecule has 1 atom stereocenters. The Hall–Kier alpha value is -1.60. The van der Waals surface area contributed by atoms with Crippen LogP contribution in [0.2, 0.25) is 0 Å². The van der Waals surface area contributed by atoms with Crippen molar-refractivity contribution in [3.63, 3.8) is 0 Å². The van der Waals surface area contributed by atoms with Crippen LogP contribution in [0, 0.1) is 20.8 Å². The Kier molecular flexibility index (Phi) is 4.97. The molecular formula is C19H25N. The van der Waals surface area contributed by atoms with E-state index in [1.54, 1.807) is 0 Å². The highest BCUT2D eigenvalue weighted by Gasteiger charge is 2.13. The molecule has 0 spiro atoms. The largest absolute Gasteiger partial charge is 0.310 e. The normalized spacial score (nSPS) is 12.4. The van der Waals surface area contributed by atoms with Crippen LogP contribution in [0.3, 0.4) is 0 Å². The molecule has 0 saturated heterocycles. The van der Waals surface area contributed by atoms with Gasteiger partial charge in [-0.05, 0) is 50.4 Å². The monoisotopic (exact) mass is 267 g/mol. The highest BCUT2D eigenvalue weighted by Crippen LogP contribution is 2.23. The van der Waals surface area contributed by atoms with E-state index >= 15 is 0 Å². The molecule has 2 aromatic carbocycles. The van der Waals surface area contributed by atoms with Crippen LogP contribution in [0.5, 0.6) is 0 Å². The van der Waals surface area contributed by atoms with Crippen LogP contribution in [-0.2, 0) is 6.42 Å². The zero-order valence-electron chi connectivity index (χ0n) is 13.0. The Morgan fingerprint density at radius 3 is 2.15 bits per heavy atom. The molecule has 0 aliphatic carbocycles. The second-order valence-electron chi connectivity index (χ2n) is 5.66. The van der Waals surface area contributed by atoms with E-state index in [4.69, 9.17) is 0 Å². The van der Waals surface area contributed by atoms with Crippen LogP contribution in [0.25, 0.3) is 0 Å². The molecule has 0 aliphatic rings. The maximum Gasteiger partial charge on any atom is 0.0363 e. The lowest BCUT2D eigenvalue weighted by Gasteiger charge is -2.21. The summed E-state index contributed by atoms with van der Waals surface area (Å²) in [6.07, 6.45) is 1.04. The van der Waals surface area contributed by atoms with Crippen molar-refractivity contribution in [1.29, 1.82) is 0 Å². The molecule has 2 rings (SSSR count). The fourth-order valence-electron chi connectivity index (χ4n) is 2.71. The molecule has 106 valence electrons. The summed E-state index contributed by atoms with van der Waals surface area (Å²) in [5, 5.41) is 3.62. The molecule has 0 fully saturated rings. The highest BCUT2D eigenvalue weighted by molar-refractivity contribution is 5.34. The Morgan fingerprint density at radius 2 is 1.55 bits per heavy atom. The topological polar surface area (TPSA) is 12.0 Å². The van der Waals surface area contributed by atoms with Gasteiger partial charge >= 0.3 is 0 Å². The first-order valence-corrected chi connectivity index (χ1v) is 7.46. The fourth-order valence-corrected chi connectivity index (χ4v) is 2.71. The lowest BCUT2D eigenvalue weighted by atomic mass is 9.94. The minimum absolute atomic E-state index is 0.392. The van der Waals surface area contributed by atoms with Crippen molar-refractivity contribution < 1.29 is 0 Å². The molecule has 0 aromatic heterocycles. The summed E-state index contributed by atoms with van der Waals surface area (Å²) < 4.78 is 0. The molecule has 20 heavy (non-hydrogen) atoms. The van der Waals surface area contributed by atoms with Crippen molar-refractivity contribution in [3.8, 4) is 0 Å². The van der Waals surface area contributed by atoms with Gasteiger partial charge in [0.05, 0.1) is 0 Å². The molecule has 1 unspecified atom stereocenters. The van der Waals surface area contributed by atoms with Crippen molar-refractivity contribution in [3.05, 3.63) is 70.3 Å². The van der Waals surface area contributed by atoms with Gasteiger partial charge in [-0.25, -0.2) is 0 Å². The number of rotatable bonds is 5. The third-order valence-corrected chi connectivity index (χ3v) is 3.81. The molecule has 0 bridgehead atoms. The van der Waals surface area contributed by atoms with E-state index in [2.05, 4.69) is 75.5 Å². The second kappa shape index (κ2) is 6.71. The molecular weight excluding hydrogens is 242 g/mol. The van der Waals surface area contributed by atoms with Gasteiger partial charge in [-0.1, -0.05) is 60.5 Å². The van der Waals surface area contributed by atoms with Gasteiger partial charge < -0.3 is 5.32 Å². The molecule has 1 nitrogen and oxygen atoms in total. The van der Waals surface area contributed by atoms with Crippen molar-refractivity contribution in [2.75, 3.05) is 6.54 Å². The number of aryl methyl sites for hydroxylation is 3. The molecule has 0 aliphatic heterocycles. The third kappa shape index (κ3) is 3.71. The van der Waals surface area contributed by atoms with Crippen molar-refractivity contribution in [1.82, 2.24) is 5.32 Å². The summed E-state index contributed by atoms with van der Waals surface area (Å²) in [6, 6.07) is 16.0. The quantitative estimate of drug-likeness (QED) is 0.840. The van der Waals surface area contributed by atoms with Gasteiger partial charge in [0.15, 0.2) is 0 Å². The first-order valence-electron chi connectivity index (χ1n) is 7.46. The van der Waals surface area contributed by atoms with Crippen LogP contribution >= 0.6 is 0 Å². The van der Waals surface area contributed by atoms with Crippen molar-refractivity contribution >= 4 is 0 Å². The van der Waals surface area contributed by atoms with Gasteiger partial charge in [-0.15, -0.1) is 0 Å². The van der Waals surface area contributed by atoms with E-state index < -0.39 is 0 Å². The Balaban J connectivity index is 2.24. The Labute approximate surface area is 123 Å². The van der Waals surface area contributed by atoms with Crippen LogP contribution in [0.1, 0.15) is 40.8 Å². The summed E-state index contributed by atoms with van der Waals surface area (Å²) in [5.41, 5.74) is 6.83. The minimum atomic E-state index is 0.392. The van der Waals surface area contributed by atoms with E-state index in [-0.39, 0.29) is 0 Å². The fraction of sp³-hybridized carbons (Fsp3) is 0.368. The molecule has 0 saturated carbocycles. The Morgan fingerprint density at radius 1 is 0.900 bits per heavy atom. The number of likely N-dealkylation sites (N-methyl/N-ethyl adjacent to an activating group) is 1. The number of nitrogens with one attached hydrogen (secondary N) is 1. The van der Waals surface area contributed by atoms with Crippen LogP contribution in [-0.4, -0.2) is 6.54 Å². The highest BCUT2D eigenvalue weighted by atomic mass is 14.9. The summed E-state index contributed by atoms with van der Waals surface area (Å²) in [4.78, 5) is 0. The predicted molar refractivity (Wildman–Crippen MR) is 87.2 cm³/mol. The van der Waals surface area contributed by atoms with Gasteiger partial charge in [0.1, 0.15) is 0 Å². The number of hydrogen-bond donors (Lipinski definition) is 1. The van der Waals surface area contributed by atoms with Crippen LogP contribution in [0.4, 0.5) is 0 Å². The molecule has 2 aromatic rings.